The minimum atomic E-state index is -0.213. The molecule has 5 N–H and O–H groups in total. The molecular formula is C25H29N5O3S. The van der Waals surface area contributed by atoms with E-state index in [1.54, 1.807) is 0 Å². The standard InChI is InChI=1S/C25H29N5O3S/c1-14-3-6-18-21(27)22(34-24(18)28-14)23(31)29-16-9-15-4-5-17(10-19(15)32-12-16)30-11-20(26)25(13-30)7-2-8-33-25/h3-6,10,16,20H,2,7-9,11-13,26-27H2,1H3,(H,29,31)/t16-,20-,25-/m1/s1. The van der Waals surface area contributed by atoms with Gasteiger partial charge in [-0.2, -0.15) is 0 Å². The Hall–Kier alpha value is -2.88. The molecular weight excluding hydrogens is 450 g/mol. The fraction of sp³-hybridized carbons (Fsp3) is 0.440. The zero-order valence-electron chi connectivity index (χ0n) is 19.2. The molecule has 2 fully saturated rings. The number of hydrogen-bond acceptors (Lipinski definition) is 8. The lowest BCUT2D eigenvalue weighted by atomic mass is 9.95. The second kappa shape index (κ2) is 8.11. The summed E-state index contributed by atoms with van der Waals surface area (Å²) < 4.78 is 12.1. The van der Waals surface area contributed by atoms with Gasteiger partial charge in [-0.15, -0.1) is 11.3 Å². The maximum absolute atomic E-state index is 13.0. The quantitative estimate of drug-likeness (QED) is 0.529. The summed E-state index contributed by atoms with van der Waals surface area (Å²) in [5, 5.41) is 3.92. The SMILES string of the molecule is Cc1ccc2c(N)c(C(=O)N[C@H]3COc4cc(N5C[C@@H](N)[C@@]6(CCCO6)C5)ccc4C3)sc2n1. The average molecular weight is 480 g/mol. The van der Waals surface area contributed by atoms with Crippen molar-refractivity contribution in [3.8, 4) is 5.75 Å². The monoisotopic (exact) mass is 479 g/mol. The fourth-order valence-electron chi connectivity index (χ4n) is 5.40. The number of rotatable bonds is 3. The summed E-state index contributed by atoms with van der Waals surface area (Å²) in [7, 11) is 0. The molecule has 5 heterocycles. The van der Waals surface area contributed by atoms with Gasteiger partial charge in [0.25, 0.3) is 5.91 Å². The molecule has 3 atom stereocenters. The first-order chi connectivity index (χ1) is 16.4. The van der Waals surface area contributed by atoms with Crippen LogP contribution in [0.4, 0.5) is 11.4 Å². The Balaban J connectivity index is 1.15. The number of aryl methyl sites for hydroxylation is 1. The molecule has 178 valence electrons. The molecule has 34 heavy (non-hydrogen) atoms. The van der Waals surface area contributed by atoms with E-state index in [0.717, 1.165) is 65.4 Å². The molecule has 3 aliphatic heterocycles. The van der Waals surface area contributed by atoms with Crippen LogP contribution in [0.25, 0.3) is 10.2 Å². The number of thiophene rings is 1. The Kier molecular flexibility index (Phi) is 5.16. The smallest absolute Gasteiger partial charge is 0.263 e. The van der Waals surface area contributed by atoms with E-state index < -0.39 is 0 Å². The van der Waals surface area contributed by atoms with Gasteiger partial charge in [-0.3, -0.25) is 4.79 Å². The maximum Gasteiger partial charge on any atom is 0.263 e. The number of ether oxygens (including phenoxy) is 2. The highest BCUT2D eigenvalue weighted by atomic mass is 32.1. The molecule has 1 spiro atoms. The average Bonchev–Trinajstić information content (AvgIpc) is 3.52. The molecule has 0 radical (unpaired) electrons. The lowest BCUT2D eigenvalue weighted by molar-refractivity contribution is 0.0108. The normalized spacial score (nSPS) is 26.1. The summed E-state index contributed by atoms with van der Waals surface area (Å²) >= 11 is 1.33. The van der Waals surface area contributed by atoms with Gasteiger partial charge in [0.2, 0.25) is 0 Å². The number of carbonyl (C=O) groups excluding carboxylic acids is 1. The summed E-state index contributed by atoms with van der Waals surface area (Å²) in [5.74, 6) is 0.686. The van der Waals surface area contributed by atoms with E-state index in [1.807, 2.05) is 19.1 Å². The van der Waals surface area contributed by atoms with Gasteiger partial charge in [0.15, 0.2) is 0 Å². The number of nitrogens with zero attached hydrogens (tertiary/aromatic N) is 2. The van der Waals surface area contributed by atoms with Gasteiger partial charge in [0.05, 0.1) is 17.8 Å². The highest BCUT2D eigenvalue weighted by Gasteiger charge is 2.48. The number of anilines is 2. The largest absolute Gasteiger partial charge is 0.491 e. The summed E-state index contributed by atoms with van der Waals surface area (Å²) in [5.41, 5.74) is 16.1. The number of fused-ring (bicyclic) bond motifs is 2. The predicted octanol–water partition coefficient (Wildman–Crippen LogP) is 2.62. The molecule has 0 bridgehead atoms. The summed E-state index contributed by atoms with van der Waals surface area (Å²) in [6.07, 6.45) is 2.80. The first-order valence-electron chi connectivity index (χ1n) is 11.8. The zero-order chi connectivity index (χ0) is 23.4. The molecule has 0 saturated carbocycles. The van der Waals surface area contributed by atoms with Gasteiger partial charge in [-0.1, -0.05) is 6.07 Å². The van der Waals surface area contributed by atoms with Crippen molar-refractivity contribution >= 4 is 38.8 Å². The third kappa shape index (κ3) is 3.59. The molecule has 1 aromatic carbocycles. The van der Waals surface area contributed by atoms with Crippen molar-refractivity contribution in [2.24, 2.45) is 5.73 Å². The van der Waals surface area contributed by atoms with Gasteiger partial charge in [0.1, 0.15) is 27.7 Å². The van der Waals surface area contributed by atoms with E-state index in [0.29, 0.717) is 23.6 Å². The Bertz CT molecular complexity index is 1270. The van der Waals surface area contributed by atoms with Gasteiger partial charge < -0.3 is 31.2 Å². The molecule has 0 aliphatic carbocycles. The van der Waals surface area contributed by atoms with Crippen LogP contribution in [-0.4, -0.2) is 54.9 Å². The van der Waals surface area contributed by atoms with Crippen LogP contribution in [0.5, 0.6) is 5.75 Å². The second-order valence-corrected chi connectivity index (χ2v) is 10.6. The molecule has 2 saturated heterocycles. The first-order valence-corrected chi connectivity index (χ1v) is 12.6. The van der Waals surface area contributed by atoms with Crippen LogP contribution in [0, 0.1) is 6.92 Å². The first kappa shape index (κ1) is 21.6. The van der Waals surface area contributed by atoms with E-state index in [-0.39, 0.29) is 23.6 Å². The highest BCUT2D eigenvalue weighted by Crippen LogP contribution is 2.38. The number of nitrogens with one attached hydrogen (secondary N) is 1. The third-order valence-corrected chi connectivity index (χ3v) is 8.40. The number of benzene rings is 1. The van der Waals surface area contributed by atoms with Gasteiger partial charge in [-0.25, -0.2) is 4.98 Å². The van der Waals surface area contributed by atoms with Crippen molar-refractivity contribution in [1.82, 2.24) is 10.3 Å². The molecule has 3 aromatic rings. The van der Waals surface area contributed by atoms with Crippen LogP contribution in [0.3, 0.4) is 0 Å². The molecule has 0 unspecified atom stereocenters. The maximum atomic E-state index is 13.0. The minimum absolute atomic E-state index is 0.0204. The third-order valence-electron chi connectivity index (χ3n) is 7.28. The Morgan fingerprint density at radius 1 is 1.32 bits per heavy atom. The van der Waals surface area contributed by atoms with Crippen molar-refractivity contribution in [2.45, 2.75) is 43.9 Å². The number of hydrogen-bond donors (Lipinski definition) is 3. The minimum Gasteiger partial charge on any atom is -0.491 e. The van der Waals surface area contributed by atoms with Crippen LogP contribution in [0.2, 0.25) is 0 Å². The molecule has 9 heteroatoms. The van der Waals surface area contributed by atoms with Crippen molar-refractivity contribution < 1.29 is 14.3 Å². The lowest BCUT2D eigenvalue weighted by Gasteiger charge is -2.28. The fourth-order valence-corrected chi connectivity index (χ4v) is 6.44. The van der Waals surface area contributed by atoms with E-state index in [4.69, 9.17) is 20.9 Å². The summed E-state index contributed by atoms with van der Waals surface area (Å²) in [6.45, 7) is 4.73. The van der Waals surface area contributed by atoms with Crippen molar-refractivity contribution in [3.05, 3.63) is 46.5 Å². The number of carbonyl (C=O) groups is 1. The van der Waals surface area contributed by atoms with Gasteiger partial charge in [0, 0.05) is 42.5 Å². The van der Waals surface area contributed by atoms with Crippen LogP contribution < -0.4 is 26.4 Å². The molecule has 8 nitrogen and oxygen atoms in total. The molecule has 6 rings (SSSR count). The van der Waals surface area contributed by atoms with Crippen molar-refractivity contribution in [1.29, 1.82) is 0 Å². The predicted molar refractivity (Wildman–Crippen MR) is 134 cm³/mol. The van der Waals surface area contributed by atoms with Crippen LogP contribution >= 0.6 is 11.3 Å². The van der Waals surface area contributed by atoms with E-state index in [1.165, 1.54) is 11.3 Å². The number of nitrogens with two attached hydrogens (primary N) is 2. The van der Waals surface area contributed by atoms with E-state index in [2.05, 4.69) is 33.4 Å². The molecule has 2 aromatic heterocycles. The van der Waals surface area contributed by atoms with Crippen LogP contribution in [0.1, 0.15) is 33.8 Å². The Labute approximate surface area is 202 Å². The molecule has 3 aliphatic rings. The number of pyridine rings is 1. The van der Waals surface area contributed by atoms with Crippen LogP contribution in [-0.2, 0) is 11.2 Å². The molecule has 1 amide bonds. The summed E-state index contributed by atoms with van der Waals surface area (Å²) in [4.78, 5) is 21.1. The Morgan fingerprint density at radius 2 is 2.21 bits per heavy atom. The zero-order valence-corrected chi connectivity index (χ0v) is 20.0. The van der Waals surface area contributed by atoms with Crippen molar-refractivity contribution in [2.75, 3.05) is 36.9 Å². The van der Waals surface area contributed by atoms with Crippen molar-refractivity contribution in [3.63, 3.8) is 0 Å². The Morgan fingerprint density at radius 3 is 3.03 bits per heavy atom. The highest BCUT2D eigenvalue weighted by molar-refractivity contribution is 7.21. The van der Waals surface area contributed by atoms with Crippen LogP contribution in [0.15, 0.2) is 30.3 Å². The second-order valence-electron chi connectivity index (χ2n) is 9.63. The van der Waals surface area contributed by atoms with E-state index in [9.17, 15) is 4.79 Å². The summed E-state index contributed by atoms with van der Waals surface area (Å²) in [6, 6.07) is 10.0. The van der Waals surface area contributed by atoms with Gasteiger partial charge >= 0.3 is 0 Å². The van der Waals surface area contributed by atoms with Gasteiger partial charge in [-0.05, 0) is 49.9 Å². The lowest BCUT2D eigenvalue weighted by Crippen LogP contribution is -2.46. The number of nitrogen functional groups attached to an aromatic ring is 1. The number of aromatic nitrogens is 1. The van der Waals surface area contributed by atoms with E-state index >= 15 is 0 Å². The number of amides is 1. The topological polar surface area (TPSA) is 116 Å².